The fourth-order valence-electron chi connectivity index (χ4n) is 2.84. The van der Waals surface area contributed by atoms with Crippen molar-refractivity contribution in [2.24, 2.45) is 5.92 Å². The van der Waals surface area contributed by atoms with Gasteiger partial charge in [0.2, 0.25) is 11.0 Å². The van der Waals surface area contributed by atoms with Crippen molar-refractivity contribution in [1.29, 1.82) is 0 Å². The van der Waals surface area contributed by atoms with Gasteiger partial charge in [-0.15, -0.1) is 10.2 Å². The first kappa shape index (κ1) is 22.7. The standard InChI is InChI=1S/C22H24ClN5O2S/c1-4-14(3)18(25-21(30)24-17-10-8-13(2)9-11-17)19(29)26-22-28-27-20(31-22)15-6-5-7-16(23)12-15/h5-12,14,18H,4H2,1-3H3,(H2,24,25,30)(H,26,28,29). The van der Waals surface area contributed by atoms with E-state index in [1.165, 1.54) is 11.3 Å². The molecule has 2 unspecified atom stereocenters. The maximum Gasteiger partial charge on any atom is 0.319 e. The molecule has 0 radical (unpaired) electrons. The number of halogens is 1. The molecule has 31 heavy (non-hydrogen) atoms. The molecular weight excluding hydrogens is 434 g/mol. The molecule has 1 aromatic heterocycles. The van der Waals surface area contributed by atoms with Gasteiger partial charge >= 0.3 is 6.03 Å². The molecule has 0 saturated carbocycles. The average molecular weight is 458 g/mol. The monoisotopic (exact) mass is 457 g/mol. The molecule has 3 N–H and O–H groups in total. The zero-order chi connectivity index (χ0) is 22.4. The number of benzene rings is 2. The van der Waals surface area contributed by atoms with E-state index in [1.54, 1.807) is 12.1 Å². The van der Waals surface area contributed by atoms with Gasteiger partial charge in [0.15, 0.2) is 0 Å². The van der Waals surface area contributed by atoms with Crippen molar-refractivity contribution >= 4 is 45.7 Å². The number of urea groups is 1. The fourth-order valence-corrected chi connectivity index (χ4v) is 3.78. The van der Waals surface area contributed by atoms with Gasteiger partial charge in [0.25, 0.3) is 0 Å². The molecule has 0 saturated heterocycles. The van der Waals surface area contributed by atoms with Crippen LogP contribution in [0.1, 0.15) is 25.8 Å². The summed E-state index contributed by atoms with van der Waals surface area (Å²) in [5.41, 5.74) is 2.57. The Labute approximate surface area is 190 Å². The highest BCUT2D eigenvalue weighted by Gasteiger charge is 2.27. The molecule has 0 bridgehead atoms. The topological polar surface area (TPSA) is 96.0 Å². The lowest BCUT2D eigenvalue weighted by Gasteiger charge is -2.23. The molecular formula is C22H24ClN5O2S. The first-order valence-corrected chi connectivity index (χ1v) is 11.1. The first-order chi connectivity index (χ1) is 14.9. The van der Waals surface area contributed by atoms with Crippen LogP contribution in [0.3, 0.4) is 0 Å². The maximum atomic E-state index is 12.9. The summed E-state index contributed by atoms with van der Waals surface area (Å²) in [6.07, 6.45) is 0.715. The van der Waals surface area contributed by atoms with Crippen LogP contribution in [0, 0.1) is 12.8 Å². The summed E-state index contributed by atoms with van der Waals surface area (Å²) in [4.78, 5) is 25.4. The lowest BCUT2D eigenvalue weighted by molar-refractivity contribution is -0.119. The lowest BCUT2D eigenvalue weighted by Crippen LogP contribution is -2.49. The Morgan fingerprint density at radius 2 is 1.84 bits per heavy atom. The molecule has 3 rings (SSSR count). The molecule has 9 heteroatoms. The summed E-state index contributed by atoms with van der Waals surface area (Å²) in [5.74, 6) is -0.425. The van der Waals surface area contributed by atoms with Crippen molar-refractivity contribution in [1.82, 2.24) is 15.5 Å². The Morgan fingerprint density at radius 1 is 1.10 bits per heavy atom. The number of rotatable bonds is 7. The predicted octanol–water partition coefficient (Wildman–Crippen LogP) is 5.34. The van der Waals surface area contributed by atoms with Crippen LogP contribution in [0.2, 0.25) is 5.02 Å². The number of nitrogens with one attached hydrogen (secondary N) is 3. The van der Waals surface area contributed by atoms with Gasteiger partial charge in [-0.1, -0.05) is 73.0 Å². The van der Waals surface area contributed by atoms with E-state index < -0.39 is 12.1 Å². The van der Waals surface area contributed by atoms with E-state index in [9.17, 15) is 9.59 Å². The van der Waals surface area contributed by atoms with Crippen molar-refractivity contribution in [3.63, 3.8) is 0 Å². The molecule has 162 valence electrons. The summed E-state index contributed by atoms with van der Waals surface area (Å²) in [6.45, 7) is 5.85. The van der Waals surface area contributed by atoms with Crippen molar-refractivity contribution in [3.8, 4) is 10.6 Å². The normalized spacial score (nSPS) is 12.6. The summed E-state index contributed by atoms with van der Waals surface area (Å²) in [5, 5.41) is 18.1. The molecule has 3 amide bonds. The van der Waals surface area contributed by atoms with Crippen LogP contribution in [0.15, 0.2) is 48.5 Å². The van der Waals surface area contributed by atoms with Crippen LogP contribution >= 0.6 is 22.9 Å². The van der Waals surface area contributed by atoms with Gasteiger partial charge in [-0.3, -0.25) is 10.1 Å². The number of aromatic nitrogens is 2. The smallest absolute Gasteiger partial charge is 0.319 e. The Kier molecular flexibility index (Phi) is 7.59. The van der Waals surface area contributed by atoms with Crippen LogP contribution in [-0.4, -0.2) is 28.2 Å². The Bertz CT molecular complexity index is 1050. The van der Waals surface area contributed by atoms with Crippen molar-refractivity contribution < 1.29 is 9.59 Å². The highest BCUT2D eigenvalue weighted by molar-refractivity contribution is 7.18. The minimum absolute atomic E-state index is 0.0795. The highest BCUT2D eigenvalue weighted by atomic mass is 35.5. The van der Waals surface area contributed by atoms with Crippen LogP contribution in [0.25, 0.3) is 10.6 Å². The summed E-state index contributed by atoms with van der Waals surface area (Å²) < 4.78 is 0. The Morgan fingerprint density at radius 3 is 2.52 bits per heavy atom. The Balaban J connectivity index is 1.67. The number of carbonyl (C=O) groups is 2. The van der Waals surface area contributed by atoms with Gasteiger partial charge in [-0.2, -0.15) is 0 Å². The number of carbonyl (C=O) groups excluding carboxylic acids is 2. The van der Waals surface area contributed by atoms with Gasteiger partial charge in [0.05, 0.1) is 0 Å². The van der Waals surface area contributed by atoms with E-state index in [-0.39, 0.29) is 11.8 Å². The SMILES string of the molecule is CCC(C)C(NC(=O)Nc1ccc(C)cc1)C(=O)Nc1nnc(-c2cccc(Cl)c2)s1. The summed E-state index contributed by atoms with van der Waals surface area (Å²) in [7, 11) is 0. The van der Waals surface area contributed by atoms with E-state index in [2.05, 4.69) is 26.1 Å². The molecule has 0 aliphatic rings. The number of hydrogen-bond donors (Lipinski definition) is 3. The van der Waals surface area contributed by atoms with Crippen molar-refractivity contribution in [2.75, 3.05) is 10.6 Å². The third-order valence-corrected chi connectivity index (χ3v) is 5.94. The van der Waals surface area contributed by atoms with Gasteiger partial charge in [-0.25, -0.2) is 4.79 Å². The largest absolute Gasteiger partial charge is 0.326 e. The minimum atomic E-state index is -0.728. The van der Waals surface area contributed by atoms with Gasteiger partial charge in [0, 0.05) is 16.3 Å². The average Bonchev–Trinajstić information content (AvgIpc) is 3.21. The molecule has 7 nitrogen and oxygen atoms in total. The zero-order valence-electron chi connectivity index (χ0n) is 17.5. The van der Waals surface area contributed by atoms with Crippen LogP contribution in [0.4, 0.5) is 15.6 Å². The van der Waals surface area contributed by atoms with Crippen LogP contribution < -0.4 is 16.0 Å². The minimum Gasteiger partial charge on any atom is -0.326 e. The maximum absolute atomic E-state index is 12.9. The van der Waals surface area contributed by atoms with E-state index in [1.807, 2.05) is 57.2 Å². The molecule has 0 aliphatic carbocycles. The van der Waals surface area contributed by atoms with E-state index in [0.29, 0.717) is 27.3 Å². The molecule has 2 aromatic carbocycles. The summed E-state index contributed by atoms with van der Waals surface area (Å²) in [6, 6.07) is 13.5. The van der Waals surface area contributed by atoms with E-state index >= 15 is 0 Å². The summed E-state index contributed by atoms with van der Waals surface area (Å²) >= 11 is 7.27. The third kappa shape index (κ3) is 6.26. The number of hydrogen-bond acceptors (Lipinski definition) is 5. The van der Waals surface area contributed by atoms with Gasteiger partial charge in [0.1, 0.15) is 11.0 Å². The van der Waals surface area contributed by atoms with Crippen LogP contribution in [0.5, 0.6) is 0 Å². The number of anilines is 2. The number of nitrogens with zero attached hydrogens (tertiary/aromatic N) is 2. The number of amides is 3. The second kappa shape index (κ2) is 10.4. The molecule has 0 aliphatic heterocycles. The van der Waals surface area contributed by atoms with Crippen molar-refractivity contribution in [2.45, 2.75) is 33.2 Å². The molecule has 0 spiro atoms. The van der Waals surface area contributed by atoms with Crippen molar-refractivity contribution in [3.05, 3.63) is 59.1 Å². The molecule has 0 fully saturated rings. The predicted molar refractivity (Wildman–Crippen MR) is 126 cm³/mol. The van der Waals surface area contributed by atoms with E-state index in [4.69, 9.17) is 11.6 Å². The van der Waals surface area contributed by atoms with E-state index in [0.717, 1.165) is 11.1 Å². The highest BCUT2D eigenvalue weighted by Crippen LogP contribution is 2.28. The second-order valence-corrected chi connectivity index (χ2v) is 8.65. The fraction of sp³-hybridized carbons (Fsp3) is 0.273. The first-order valence-electron chi connectivity index (χ1n) is 9.90. The zero-order valence-corrected chi connectivity index (χ0v) is 19.1. The van der Waals surface area contributed by atoms with Gasteiger partial charge < -0.3 is 10.6 Å². The molecule has 3 aromatic rings. The quantitative estimate of drug-likeness (QED) is 0.446. The van der Waals surface area contributed by atoms with Gasteiger partial charge in [-0.05, 0) is 37.1 Å². The lowest BCUT2D eigenvalue weighted by atomic mass is 9.98. The third-order valence-electron chi connectivity index (χ3n) is 4.82. The molecule has 1 heterocycles. The number of aryl methyl sites for hydroxylation is 1. The van der Waals surface area contributed by atoms with Crippen LogP contribution in [-0.2, 0) is 4.79 Å². The second-order valence-electron chi connectivity index (χ2n) is 7.24. The molecule has 2 atom stereocenters. The Hall–Kier alpha value is -2.97.